The molecule has 0 saturated carbocycles. The average molecular weight is 474 g/mol. The summed E-state index contributed by atoms with van der Waals surface area (Å²) in [7, 11) is 3.05. The molecule has 1 fully saturated rings. The first-order valence-electron chi connectivity index (χ1n) is 10.3. The van der Waals surface area contributed by atoms with Crippen LogP contribution < -0.4 is 21.5 Å². The first-order valence-corrected chi connectivity index (χ1v) is 10.7. The molecule has 1 aromatic heterocycles. The van der Waals surface area contributed by atoms with Crippen molar-refractivity contribution in [3.63, 3.8) is 0 Å². The Morgan fingerprint density at radius 3 is 2.36 bits per heavy atom. The van der Waals surface area contributed by atoms with E-state index in [4.69, 9.17) is 20.8 Å². The Labute approximate surface area is 194 Å². The number of furan rings is 1. The molecular weight excluding hydrogens is 450 g/mol. The number of ether oxygens (including phenoxy) is 1. The molecule has 33 heavy (non-hydrogen) atoms. The number of hydrogen-bond donors (Lipinski definition) is 3. The van der Waals surface area contributed by atoms with E-state index in [0.29, 0.717) is 24.7 Å². The summed E-state index contributed by atoms with van der Waals surface area (Å²) in [5.41, 5.74) is -1.76. The lowest BCUT2D eigenvalue weighted by Gasteiger charge is -2.44. The van der Waals surface area contributed by atoms with E-state index in [1.807, 2.05) is 26.0 Å². The zero-order chi connectivity index (χ0) is 24.1. The van der Waals surface area contributed by atoms with Crippen LogP contribution in [-0.2, 0) is 4.74 Å². The summed E-state index contributed by atoms with van der Waals surface area (Å²) in [6, 6.07) is 6.08. The fourth-order valence-corrected chi connectivity index (χ4v) is 4.04. The van der Waals surface area contributed by atoms with Gasteiger partial charge in [0.15, 0.2) is 5.75 Å². The lowest BCUT2D eigenvalue weighted by Crippen LogP contribution is -2.49. The van der Waals surface area contributed by atoms with Gasteiger partial charge in [-0.25, -0.2) is 0 Å². The molecule has 10 heteroatoms. The van der Waals surface area contributed by atoms with Crippen LogP contribution in [0.3, 0.4) is 0 Å². The van der Waals surface area contributed by atoms with Crippen LogP contribution in [0.5, 0.6) is 5.75 Å². The molecule has 1 unspecified atom stereocenters. The number of phenolic OH excluding ortho intramolecular Hbond substituents is 1. The van der Waals surface area contributed by atoms with Crippen molar-refractivity contribution in [1.29, 1.82) is 0 Å². The number of hydrogen-bond acceptors (Lipinski definition) is 8. The lowest BCUT2D eigenvalue weighted by atomic mass is 9.79. The van der Waals surface area contributed by atoms with Crippen molar-refractivity contribution < 1.29 is 19.1 Å². The minimum absolute atomic E-state index is 0.0157. The molecule has 0 bridgehead atoms. The molecule has 1 aliphatic rings. The Morgan fingerprint density at radius 2 is 1.82 bits per heavy atom. The summed E-state index contributed by atoms with van der Waals surface area (Å²) in [5, 5.41) is 16.7. The molecule has 2 aromatic carbocycles. The number of carbonyl (C=O) groups excluding carboxylic acids is 1. The van der Waals surface area contributed by atoms with Crippen molar-refractivity contribution in [2.24, 2.45) is 5.41 Å². The number of amides is 1. The smallest absolute Gasteiger partial charge is 0.258 e. The average Bonchev–Trinajstić information content (AvgIpc) is 3.18. The minimum atomic E-state index is -0.739. The summed E-state index contributed by atoms with van der Waals surface area (Å²) in [5.74, 6) is 0.409. The van der Waals surface area contributed by atoms with Gasteiger partial charge in [-0.15, -0.1) is 0 Å². The first kappa shape index (κ1) is 22.9. The number of carbonyl (C=O) groups is 1. The fraction of sp³-hybridized carbons (Fsp3) is 0.348. The molecule has 2 heterocycles. The second kappa shape index (κ2) is 8.24. The van der Waals surface area contributed by atoms with Crippen LogP contribution in [0, 0.1) is 12.3 Å². The van der Waals surface area contributed by atoms with Crippen LogP contribution in [-0.4, -0.2) is 43.2 Å². The first-order chi connectivity index (χ1) is 15.5. The number of halogens is 1. The molecule has 0 radical (unpaired) electrons. The van der Waals surface area contributed by atoms with Gasteiger partial charge >= 0.3 is 0 Å². The second-order valence-corrected chi connectivity index (χ2v) is 9.13. The van der Waals surface area contributed by atoms with Crippen molar-refractivity contribution in [3.05, 3.63) is 66.8 Å². The number of aromatic hydroxyl groups is 1. The molecule has 174 valence electrons. The third-order valence-corrected chi connectivity index (χ3v) is 6.13. The zero-order valence-corrected chi connectivity index (χ0v) is 19.4. The summed E-state index contributed by atoms with van der Waals surface area (Å²) >= 11 is 6.11. The maximum absolute atomic E-state index is 12.5. The summed E-state index contributed by atoms with van der Waals surface area (Å²) < 4.78 is 11.2. The van der Waals surface area contributed by atoms with Gasteiger partial charge in [0, 0.05) is 19.5 Å². The van der Waals surface area contributed by atoms with Gasteiger partial charge in [0.1, 0.15) is 28.5 Å². The summed E-state index contributed by atoms with van der Waals surface area (Å²) in [4.78, 5) is 38.5. The number of nitrogens with zero attached hydrogens (tertiary/aromatic N) is 1. The molecule has 1 amide bonds. The van der Waals surface area contributed by atoms with Crippen LogP contribution in [0.1, 0.15) is 34.8 Å². The third kappa shape index (κ3) is 3.87. The highest BCUT2D eigenvalue weighted by Crippen LogP contribution is 2.44. The van der Waals surface area contributed by atoms with E-state index in [1.54, 1.807) is 0 Å². The quantitative estimate of drug-likeness (QED) is 0.353. The van der Waals surface area contributed by atoms with E-state index in [1.165, 1.54) is 31.1 Å². The normalized spacial score (nSPS) is 15.7. The number of anilines is 3. The van der Waals surface area contributed by atoms with Crippen LogP contribution in [0.25, 0.3) is 0 Å². The predicted molar refractivity (Wildman–Crippen MR) is 125 cm³/mol. The molecule has 1 saturated heterocycles. The maximum Gasteiger partial charge on any atom is 0.258 e. The number of rotatable bonds is 7. The van der Waals surface area contributed by atoms with Crippen LogP contribution in [0.15, 0.2) is 38.3 Å². The van der Waals surface area contributed by atoms with Crippen LogP contribution in [0.2, 0.25) is 5.02 Å². The topological polar surface area (TPSA) is 121 Å². The minimum Gasteiger partial charge on any atom is -0.505 e. The van der Waals surface area contributed by atoms with Crippen molar-refractivity contribution >= 4 is 34.6 Å². The van der Waals surface area contributed by atoms with Crippen molar-refractivity contribution in [2.75, 3.05) is 37.9 Å². The fourth-order valence-electron chi connectivity index (χ4n) is 3.81. The van der Waals surface area contributed by atoms with Gasteiger partial charge < -0.3 is 29.8 Å². The van der Waals surface area contributed by atoms with Crippen LogP contribution >= 0.6 is 11.6 Å². The molecule has 0 aliphatic carbocycles. The van der Waals surface area contributed by atoms with Gasteiger partial charge in [-0.2, -0.15) is 0 Å². The molecule has 3 aromatic rings. The van der Waals surface area contributed by atoms with E-state index in [2.05, 4.69) is 10.6 Å². The Bertz CT molecular complexity index is 1300. The Morgan fingerprint density at radius 1 is 1.15 bits per heavy atom. The predicted octanol–water partition coefficient (Wildman–Crippen LogP) is 3.18. The van der Waals surface area contributed by atoms with E-state index in [-0.39, 0.29) is 33.1 Å². The van der Waals surface area contributed by atoms with E-state index >= 15 is 0 Å². The van der Waals surface area contributed by atoms with E-state index in [0.717, 1.165) is 0 Å². The van der Waals surface area contributed by atoms with Crippen LogP contribution in [0.4, 0.5) is 17.1 Å². The van der Waals surface area contributed by atoms with Crippen molar-refractivity contribution in [3.8, 4) is 5.75 Å². The summed E-state index contributed by atoms with van der Waals surface area (Å²) in [6.45, 7) is 4.72. The van der Waals surface area contributed by atoms with Gasteiger partial charge in [-0.05, 0) is 31.2 Å². The van der Waals surface area contributed by atoms with Gasteiger partial charge in [0.2, 0.25) is 0 Å². The largest absolute Gasteiger partial charge is 0.505 e. The van der Waals surface area contributed by atoms with Gasteiger partial charge in [0.25, 0.3) is 16.8 Å². The maximum atomic E-state index is 12.5. The van der Waals surface area contributed by atoms with Crippen molar-refractivity contribution in [2.45, 2.75) is 19.9 Å². The number of benzene rings is 1. The molecule has 0 spiro atoms. The third-order valence-electron chi connectivity index (χ3n) is 5.81. The lowest BCUT2D eigenvalue weighted by molar-refractivity contribution is -0.115. The van der Waals surface area contributed by atoms with E-state index < -0.39 is 28.6 Å². The number of aryl methyl sites for hydroxylation is 1. The van der Waals surface area contributed by atoms with Gasteiger partial charge in [-0.3, -0.25) is 14.4 Å². The molecular formula is C23H24ClN3O6. The number of nitrogens with one attached hydrogen (secondary N) is 2. The number of phenols is 1. The zero-order valence-electron chi connectivity index (χ0n) is 18.6. The Hall–Kier alpha value is -3.30. The van der Waals surface area contributed by atoms with E-state index in [9.17, 15) is 19.5 Å². The standard InChI is InChI=1S/C23H24ClN3O6/c1-11-5-8-14(33-11)21(23(2)9-32-10-23)26-17-16(19(29)20(17)30)25-13-7-6-12(24)15(18(13)28)22(31)27(3)4/h5-8,21,25-26,28H,9-10H2,1-4H3. The molecule has 4 rings (SSSR count). The molecule has 9 nitrogen and oxygen atoms in total. The Balaban J connectivity index is 1.69. The SMILES string of the molecule is Cc1ccc(C(Nc2c(Nc3ccc(Cl)c(C(=O)N(C)C)c3O)c(=O)c2=O)C2(C)COC2)o1. The van der Waals surface area contributed by atoms with Gasteiger partial charge in [0.05, 0.1) is 30.0 Å². The highest BCUT2D eigenvalue weighted by molar-refractivity contribution is 6.34. The van der Waals surface area contributed by atoms with Gasteiger partial charge in [-0.1, -0.05) is 18.5 Å². The highest BCUT2D eigenvalue weighted by atomic mass is 35.5. The highest BCUT2D eigenvalue weighted by Gasteiger charge is 2.45. The second-order valence-electron chi connectivity index (χ2n) is 8.72. The Kier molecular flexibility index (Phi) is 5.71. The molecule has 1 aliphatic heterocycles. The monoisotopic (exact) mass is 473 g/mol. The van der Waals surface area contributed by atoms with Crippen molar-refractivity contribution in [1.82, 2.24) is 4.90 Å². The molecule has 1 atom stereocenters. The molecule has 3 N–H and O–H groups in total. The summed E-state index contributed by atoms with van der Waals surface area (Å²) in [6.07, 6.45) is 0.